The molecule has 0 spiro atoms. The minimum atomic E-state index is -2.55. The first-order valence-electron chi connectivity index (χ1n) is 11.8. The molecule has 0 radical (unpaired) electrons. The Morgan fingerprint density at radius 2 is 1.83 bits per heavy atom. The van der Waals surface area contributed by atoms with E-state index in [4.69, 9.17) is 5.73 Å². The van der Waals surface area contributed by atoms with E-state index >= 15 is 0 Å². The number of anilines is 1. The molecule has 5 rings (SSSR count). The molecule has 35 heavy (non-hydrogen) atoms. The third kappa shape index (κ3) is 3.42. The highest BCUT2D eigenvalue weighted by Gasteiger charge is 2.60. The van der Waals surface area contributed by atoms with Crippen LogP contribution in [0.4, 0.5) is 5.69 Å². The monoisotopic (exact) mass is 483 g/mol. The van der Waals surface area contributed by atoms with Crippen molar-refractivity contribution >= 4 is 28.9 Å². The van der Waals surface area contributed by atoms with Gasteiger partial charge in [-0.05, 0) is 63.4 Å². The molecule has 7 N–H and O–H groups in total. The van der Waals surface area contributed by atoms with Crippen LogP contribution in [0, 0.1) is 11.8 Å². The molecule has 1 saturated heterocycles. The lowest BCUT2D eigenvalue weighted by molar-refractivity contribution is -0.147. The van der Waals surface area contributed by atoms with Gasteiger partial charge in [0.1, 0.15) is 22.8 Å². The van der Waals surface area contributed by atoms with E-state index in [1.165, 1.54) is 0 Å². The second-order valence-corrected chi connectivity index (χ2v) is 10.1. The molecular weight excluding hydrogens is 454 g/mol. The molecular formula is C25H29N3O7. The van der Waals surface area contributed by atoms with Crippen LogP contribution in [0.15, 0.2) is 29.0 Å². The number of piperidine rings is 1. The molecule has 3 aliphatic carbocycles. The van der Waals surface area contributed by atoms with Crippen molar-refractivity contribution in [3.05, 3.63) is 40.2 Å². The van der Waals surface area contributed by atoms with Crippen molar-refractivity contribution < 1.29 is 34.8 Å². The maximum absolute atomic E-state index is 13.5. The summed E-state index contributed by atoms with van der Waals surface area (Å²) in [4.78, 5) is 39.9. The first kappa shape index (κ1) is 23.4. The summed E-state index contributed by atoms with van der Waals surface area (Å²) >= 11 is 0. The third-order valence-corrected chi connectivity index (χ3v) is 8.01. The van der Waals surface area contributed by atoms with Crippen molar-refractivity contribution in [1.29, 1.82) is 0 Å². The van der Waals surface area contributed by atoms with Gasteiger partial charge in [0.05, 0.1) is 11.3 Å². The van der Waals surface area contributed by atoms with Crippen LogP contribution in [-0.2, 0) is 20.8 Å². The van der Waals surface area contributed by atoms with E-state index in [1.807, 2.05) is 0 Å². The SMILES string of the molecule is CN1CCC(Nc2ccc3c(c2O)C(O)=C2C(=O)C4(O)C(O)=C(C(N)=O)C(=O)CC4CC2C3)CC1. The Morgan fingerprint density at radius 3 is 2.49 bits per heavy atom. The number of benzene rings is 1. The summed E-state index contributed by atoms with van der Waals surface area (Å²) in [6.07, 6.45) is 1.88. The standard InChI is InChI=1S/C25H29N3O7/c1-28-6-4-14(5-7-28)27-15-3-2-11-8-12-9-13-10-16(29)19(24(26)34)23(33)25(13,35)22(32)18(12)21(31)17(11)20(15)30/h2-3,12-14,27,30-31,33,35H,4-10H2,1H3,(H2,26,34). The summed E-state index contributed by atoms with van der Waals surface area (Å²) in [6.45, 7) is 1.84. The molecule has 0 bridgehead atoms. The normalized spacial score (nSPS) is 29.5. The van der Waals surface area contributed by atoms with Gasteiger partial charge in [0.15, 0.2) is 11.4 Å². The lowest BCUT2D eigenvalue weighted by Gasteiger charge is -2.46. The van der Waals surface area contributed by atoms with Crippen molar-refractivity contribution in [2.45, 2.75) is 43.7 Å². The molecule has 1 heterocycles. The number of carbonyl (C=O) groups is 3. The minimum Gasteiger partial charge on any atom is -0.508 e. The molecule has 4 aliphatic rings. The van der Waals surface area contributed by atoms with Crippen LogP contribution in [0.2, 0.25) is 0 Å². The summed E-state index contributed by atoms with van der Waals surface area (Å²) in [7, 11) is 2.05. The van der Waals surface area contributed by atoms with Crippen molar-refractivity contribution in [2.24, 2.45) is 17.6 Å². The Kier molecular flexibility index (Phi) is 5.41. The van der Waals surface area contributed by atoms with Gasteiger partial charge in [0.2, 0.25) is 5.78 Å². The molecule has 0 aromatic heterocycles. The number of hydrogen-bond donors (Lipinski definition) is 6. The van der Waals surface area contributed by atoms with E-state index in [0.29, 0.717) is 17.7 Å². The van der Waals surface area contributed by atoms with Gasteiger partial charge in [0, 0.05) is 24.0 Å². The molecule has 1 aliphatic heterocycles. The number of rotatable bonds is 3. The van der Waals surface area contributed by atoms with Crippen molar-refractivity contribution in [3.63, 3.8) is 0 Å². The van der Waals surface area contributed by atoms with E-state index < -0.39 is 52.0 Å². The predicted molar refractivity (Wildman–Crippen MR) is 126 cm³/mol. The zero-order valence-electron chi connectivity index (χ0n) is 19.4. The zero-order chi connectivity index (χ0) is 25.2. The molecule has 10 heteroatoms. The lowest BCUT2D eigenvalue weighted by Crippen LogP contribution is -2.58. The molecule has 186 valence electrons. The number of nitrogens with two attached hydrogens (primary N) is 1. The van der Waals surface area contributed by atoms with Gasteiger partial charge in [-0.3, -0.25) is 14.4 Å². The van der Waals surface area contributed by atoms with Crippen LogP contribution in [-0.4, -0.2) is 74.6 Å². The highest BCUT2D eigenvalue weighted by molar-refractivity contribution is 6.22. The Morgan fingerprint density at radius 1 is 1.14 bits per heavy atom. The van der Waals surface area contributed by atoms with E-state index in [9.17, 15) is 34.8 Å². The van der Waals surface area contributed by atoms with Crippen molar-refractivity contribution in [2.75, 3.05) is 25.5 Å². The number of fused-ring (bicyclic) bond motifs is 3. The number of nitrogens with zero attached hydrogens (tertiary/aromatic N) is 1. The van der Waals surface area contributed by atoms with Crippen LogP contribution in [0.25, 0.3) is 5.76 Å². The average molecular weight is 484 g/mol. The summed E-state index contributed by atoms with van der Waals surface area (Å²) in [5.74, 6) is -6.17. The van der Waals surface area contributed by atoms with Gasteiger partial charge < -0.3 is 36.4 Å². The van der Waals surface area contributed by atoms with Crippen LogP contribution in [0.1, 0.15) is 36.8 Å². The Labute approximate surface area is 201 Å². The number of ketones is 2. The predicted octanol–water partition coefficient (Wildman–Crippen LogP) is 0.930. The number of phenols is 1. The van der Waals surface area contributed by atoms with Gasteiger partial charge in [-0.1, -0.05) is 6.07 Å². The Hall–Kier alpha value is -3.37. The maximum atomic E-state index is 13.5. The molecule has 10 nitrogen and oxygen atoms in total. The fourth-order valence-corrected chi connectivity index (χ4v) is 6.09. The first-order valence-corrected chi connectivity index (χ1v) is 11.8. The maximum Gasteiger partial charge on any atom is 0.255 e. The van der Waals surface area contributed by atoms with E-state index in [2.05, 4.69) is 17.3 Å². The van der Waals surface area contributed by atoms with E-state index in [0.717, 1.165) is 25.9 Å². The fraction of sp³-hybridized carbons (Fsp3) is 0.480. The van der Waals surface area contributed by atoms with Crippen LogP contribution >= 0.6 is 0 Å². The second-order valence-electron chi connectivity index (χ2n) is 10.1. The Bertz CT molecular complexity index is 1210. The highest BCUT2D eigenvalue weighted by Crippen LogP contribution is 2.52. The third-order valence-electron chi connectivity index (χ3n) is 8.01. The number of Topliss-reactive ketones (excluding diaryl/α,β-unsaturated/α-hetero) is 2. The number of primary amides is 1. The number of aliphatic hydroxyl groups excluding tert-OH is 2. The second kappa shape index (κ2) is 8.10. The fourth-order valence-electron chi connectivity index (χ4n) is 6.09. The number of hydrogen-bond acceptors (Lipinski definition) is 9. The van der Waals surface area contributed by atoms with Crippen LogP contribution in [0.3, 0.4) is 0 Å². The topological polar surface area (TPSA) is 173 Å². The number of amides is 1. The summed E-state index contributed by atoms with van der Waals surface area (Å²) in [5, 5.41) is 47.5. The van der Waals surface area contributed by atoms with E-state index in [1.54, 1.807) is 12.1 Å². The number of phenolic OH excluding ortho intramolecular Hbond substituents is 1. The van der Waals surface area contributed by atoms with Gasteiger partial charge >= 0.3 is 0 Å². The number of aliphatic hydroxyl groups is 3. The zero-order valence-corrected chi connectivity index (χ0v) is 19.4. The summed E-state index contributed by atoms with van der Waals surface area (Å²) in [5.41, 5.74) is 2.92. The smallest absolute Gasteiger partial charge is 0.255 e. The average Bonchev–Trinajstić information content (AvgIpc) is 2.79. The minimum absolute atomic E-state index is 0.107. The highest BCUT2D eigenvalue weighted by atomic mass is 16.3. The largest absolute Gasteiger partial charge is 0.508 e. The number of nitrogens with one attached hydrogen (secondary N) is 1. The Balaban J connectivity index is 1.55. The summed E-state index contributed by atoms with van der Waals surface area (Å²) < 4.78 is 0. The van der Waals surface area contributed by atoms with Gasteiger partial charge in [0.25, 0.3) is 5.91 Å². The van der Waals surface area contributed by atoms with Gasteiger partial charge in [-0.15, -0.1) is 0 Å². The molecule has 1 aromatic carbocycles. The van der Waals surface area contributed by atoms with Crippen molar-refractivity contribution in [3.8, 4) is 5.75 Å². The number of likely N-dealkylation sites (tertiary alicyclic amines) is 1. The van der Waals surface area contributed by atoms with Gasteiger partial charge in [-0.2, -0.15) is 0 Å². The number of carbonyl (C=O) groups excluding carboxylic acids is 3. The number of aromatic hydroxyl groups is 1. The molecule has 3 atom stereocenters. The molecule has 2 fully saturated rings. The van der Waals surface area contributed by atoms with Crippen LogP contribution in [0.5, 0.6) is 5.75 Å². The lowest BCUT2D eigenvalue weighted by atomic mass is 9.59. The van der Waals surface area contributed by atoms with Crippen LogP contribution < -0.4 is 11.1 Å². The van der Waals surface area contributed by atoms with Crippen molar-refractivity contribution in [1.82, 2.24) is 4.90 Å². The summed E-state index contributed by atoms with van der Waals surface area (Å²) in [6, 6.07) is 3.69. The van der Waals surface area contributed by atoms with Gasteiger partial charge in [-0.25, -0.2) is 0 Å². The molecule has 3 unspecified atom stereocenters. The quantitative estimate of drug-likeness (QED) is 0.270. The first-order chi connectivity index (χ1) is 16.5. The van der Waals surface area contributed by atoms with E-state index in [-0.39, 0.29) is 35.8 Å². The molecule has 1 aromatic rings. The molecule has 1 amide bonds. The molecule has 1 saturated carbocycles.